The van der Waals surface area contributed by atoms with Gasteiger partial charge in [-0.2, -0.15) is 0 Å². The van der Waals surface area contributed by atoms with Crippen LogP contribution in [0.5, 0.6) is 11.5 Å². The maximum absolute atomic E-state index is 12.7. The number of phenolic OH excluding ortho intramolecular Hbond substituents is 2. The highest BCUT2D eigenvalue weighted by Crippen LogP contribution is 2.32. The molecule has 0 saturated carbocycles. The summed E-state index contributed by atoms with van der Waals surface area (Å²) in [6.45, 7) is 2.45. The summed E-state index contributed by atoms with van der Waals surface area (Å²) in [5, 5.41) is 24.1. The van der Waals surface area contributed by atoms with Crippen LogP contribution in [0.25, 0.3) is 0 Å². The van der Waals surface area contributed by atoms with Gasteiger partial charge in [-0.25, -0.2) is 8.42 Å². The number of phenols is 2. The van der Waals surface area contributed by atoms with E-state index in [1.54, 1.807) is 0 Å². The molecule has 4 N–H and O–H groups in total. The monoisotopic (exact) mass is 364 g/mol. The van der Waals surface area contributed by atoms with Crippen LogP contribution < -0.4 is 10.6 Å². The second-order valence-corrected chi connectivity index (χ2v) is 7.17. The number of anilines is 2. The number of aromatic hydroxyl groups is 2. The smallest absolute Gasteiger partial charge is 0.221 e. The maximum atomic E-state index is 12.7. The van der Waals surface area contributed by atoms with Crippen molar-refractivity contribution in [3.63, 3.8) is 0 Å². The molecule has 0 atom stereocenters. The Hall–Kier alpha value is -3.07. The molecule has 8 nitrogen and oxygen atoms in total. The van der Waals surface area contributed by atoms with Crippen molar-refractivity contribution in [2.45, 2.75) is 23.6 Å². The quantitative estimate of drug-likeness (QED) is 0.612. The number of amides is 2. The van der Waals surface area contributed by atoms with E-state index in [4.69, 9.17) is 0 Å². The molecule has 0 fully saturated rings. The van der Waals surface area contributed by atoms with E-state index in [-0.39, 0.29) is 32.7 Å². The first-order chi connectivity index (χ1) is 11.6. The summed E-state index contributed by atoms with van der Waals surface area (Å²) in [4.78, 5) is 21.9. The topological polar surface area (TPSA) is 133 Å². The van der Waals surface area contributed by atoms with Crippen molar-refractivity contribution in [3.05, 3.63) is 36.4 Å². The minimum atomic E-state index is -4.01. The van der Waals surface area contributed by atoms with Gasteiger partial charge in [0.15, 0.2) is 0 Å². The number of rotatable bonds is 4. The number of hydrogen-bond acceptors (Lipinski definition) is 6. The number of hydrogen-bond donors (Lipinski definition) is 4. The molecule has 0 aliphatic carbocycles. The van der Waals surface area contributed by atoms with Crippen LogP contribution in [0.15, 0.2) is 46.2 Å². The maximum Gasteiger partial charge on any atom is 0.221 e. The van der Waals surface area contributed by atoms with E-state index in [9.17, 15) is 28.2 Å². The summed E-state index contributed by atoms with van der Waals surface area (Å²) in [5.74, 6) is -1.50. The first-order valence-corrected chi connectivity index (χ1v) is 8.56. The summed E-state index contributed by atoms with van der Waals surface area (Å²) in [5.41, 5.74) is -0.0936. The minimum absolute atomic E-state index is 0.0468. The van der Waals surface area contributed by atoms with Crippen LogP contribution in [0.1, 0.15) is 13.8 Å². The second kappa shape index (κ2) is 6.81. The molecule has 0 aliphatic heterocycles. The molecule has 2 aromatic carbocycles. The molecule has 0 spiro atoms. The van der Waals surface area contributed by atoms with Crippen LogP contribution in [0.3, 0.4) is 0 Å². The summed E-state index contributed by atoms with van der Waals surface area (Å²) in [6.07, 6.45) is 0. The highest BCUT2D eigenvalue weighted by Gasteiger charge is 2.21. The molecule has 132 valence electrons. The van der Waals surface area contributed by atoms with E-state index in [2.05, 4.69) is 10.6 Å². The molecule has 0 radical (unpaired) electrons. The van der Waals surface area contributed by atoms with Gasteiger partial charge in [-0.15, -0.1) is 0 Å². The van der Waals surface area contributed by atoms with Crippen molar-refractivity contribution in [3.8, 4) is 11.5 Å². The normalized spacial score (nSPS) is 11.0. The average molecular weight is 364 g/mol. The Labute approximate surface area is 144 Å². The Morgan fingerprint density at radius 3 is 1.48 bits per heavy atom. The lowest BCUT2D eigenvalue weighted by Crippen LogP contribution is -2.09. The molecule has 0 aromatic heterocycles. The zero-order valence-electron chi connectivity index (χ0n) is 13.4. The van der Waals surface area contributed by atoms with Crippen LogP contribution in [0.2, 0.25) is 0 Å². The predicted octanol–water partition coefficient (Wildman–Crippen LogP) is 1.85. The molecular weight excluding hydrogens is 348 g/mol. The van der Waals surface area contributed by atoms with Crippen LogP contribution >= 0.6 is 0 Å². The molecule has 25 heavy (non-hydrogen) atoms. The molecule has 0 heterocycles. The largest absolute Gasteiger partial charge is 0.506 e. The first kappa shape index (κ1) is 18.3. The van der Waals surface area contributed by atoms with Gasteiger partial charge in [0.1, 0.15) is 11.5 Å². The Kier molecular flexibility index (Phi) is 4.98. The fourth-order valence-corrected chi connectivity index (χ4v) is 3.39. The van der Waals surface area contributed by atoms with Crippen molar-refractivity contribution < 1.29 is 28.2 Å². The van der Waals surface area contributed by atoms with Gasteiger partial charge < -0.3 is 20.8 Å². The third-order valence-corrected chi connectivity index (χ3v) is 4.93. The lowest BCUT2D eigenvalue weighted by atomic mass is 10.3. The molecule has 0 saturated heterocycles. The Morgan fingerprint density at radius 1 is 0.800 bits per heavy atom. The lowest BCUT2D eigenvalue weighted by Gasteiger charge is -2.11. The van der Waals surface area contributed by atoms with Gasteiger partial charge in [-0.05, 0) is 36.4 Å². The summed E-state index contributed by atoms with van der Waals surface area (Å²) >= 11 is 0. The van der Waals surface area contributed by atoms with Crippen LogP contribution in [-0.2, 0) is 19.4 Å². The fraction of sp³-hybridized carbons (Fsp3) is 0.125. The number of sulfone groups is 1. The van der Waals surface area contributed by atoms with E-state index in [1.807, 2.05) is 0 Å². The SMILES string of the molecule is CC(=O)Nc1cc(S(=O)(=O)c2ccc(O)c(NC(C)=O)c2)ccc1O. The summed E-state index contributed by atoms with van der Waals surface area (Å²) in [6, 6.07) is 6.90. The van der Waals surface area contributed by atoms with Gasteiger partial charge in [-0.1, -0.05) is 0 Å². The Morgan fingerprint density at radius 2 is 1.16 bits per heavy atom. The highest BCUT2D eigenvalue weighted by atomic mass is 32.2. The molecule has 2 amide bonds. The van der Waals surface area contributed by atoms with Crippen molar-refractivity contribution in [1.29, 1.82) is 0 Å². The third kappa shape index (κ3) is 4.07. The van der Waals surface area contributed by atoms with Gasteiger partial charge in [0.2, 0.25) is 21.7 Å². The van der Waals surface area contributed by atoms with Gasteiger partial charge >= 0.3 is 0 Å². The number of benzene rings is 2. The zero-order chi connectivity index (χ0) is 18.8. The van der Waals surface area contributed by atoms with Crippen molar-refractivity contribution in [2.24, 2.45) is 0 Å². The van der Waals surface area contributed by atoms with E-state index < -0.39 is 21.7 Å². The Balaban J connectivity index is 2.52. The van der Waals surface area contributed by atoms with Crippen LogP contribution in [0, 0.1) is 0 Å². The van der Waals surface area contributed by atoms with Gasteiger partial charge in [0, 0.05) is 13.8 Å². The summed E-state index contributed by atoms with van der Waals surface area (Å²) < 4.78 is 25.5. The first-order valence-electron chi connectivity index (χ1n) is 7.07. The lowest BCUT2D eigenvalue weighted by molar-refractivity contribution is -0.115. The molecule has 0 aliphatic rings. The molecular formula is C16H16N2O6S. The third-order valence-electron chi connectivity index (χ3n) is 3.18. The van der Waals surface area contributed by atoms with Crippen LogP contribution in [0.4, 0.5) is 11.4 Å². The van der Waals surface area contributed by atoms with Crippen molar-refractivity contribution in [2.75, 3.05) is 10.6 Å². The zero-order valence-corrected chi connectivity index (χ0v) is 14.2. The van der Waals surface area contributed by atoms with E-state index in [0.717, 1.165) is 24.3 Å². The van der Waals surface area contributed by atoms with E-state index in [1.165, 1.54) is 26.0 Å². The van der Waals surface area contributed by atoms with Gasteiger partial charge in [0.25, 0.3) is 0 Å². The average Bonchev–Trinajstić information content (AvgIpc) is 2.50. The minimum Gasteiger partial charge on any atom is -0.506 e. The fourth-order valence-electron chi connectivity index (χ4n) is 2.08. The number of nitrogens with one attached hydrogen (secondary N) is 2. The predicted molar refractivity (Wildman–Crippen MR) is 90.3 cm³/mol. The molecule has 2 aromatic rings. The van der Waals surface area contributed by atoms with Gasteiger partial charge in [-0.3, -0.25) is 9.59 Å². The van der Waals surface area contributed by atoms with Crippen LogP contribution in [-0.4, -0.2) is 30.4 Å². The van der Waals surface area contributed by atoms with E-state index >= 15 is 0 Å². The summed E-state index contributed by atoms with van der Waals surface area (Å²) in [7, 11) is -4.01. The van der Waals surface area contributed by atoms with Gasteiger partial charge in [0.05, 0.1) is 21.2 Å². The molecule has 0 bridgehead atoms. The number of carbonyl (C=O) groups excluding carboxylic acids is 2. The number of carbonyl (C=O) groups is 2. The highest BCUT2D eigenvalue weighted by molar-refractivity contribution is 7.91. The molecule has 9 heteroatoms. The van der Waals surface area contributed by atoms with Crippen molar-refractivity contribution in [1.82, 2.24) is 0 Å². The van der Waals surface area contributed by atoms with Crippen molar-refractivity contribution >= 4 is 33.0 Å². The van der Waals surface area contributed by atoms with E-state index in [0.29, 0.717) is 0 Å². The Bertz CT molecular complexity index is 882. The standard InChI is InChI=1S/C16H16N2O6S/c1-9(19)17-13-7-11(3-5-15(13)21)25(23,24)12-4-6-16(22)14(8-12)18-10(2)20/h3-8,21-22H,1-2H3,(H,17,19)(H,18,20). The molecule has 2 rings (SSSR count). The second-order valence-electron chi connectivity index (χ2n) is 5.22. The molecule has 0 unspecified atom stereocenters.